The van der Waals surface area contributed by atoms with E-state index in [4.69, 9.17) is 14.8 Å². The van der Waals surface area contributed by atoms with E-state index < -0.39 is 0 Å². The van der Waals surface area contributed by atoms with Gasteiger partial charge in [0.15, 0.2) is 0 Å². The number of fused-ring (bicyclic) bond motifs is 2. The quantitative estimate of drug-likeness (QED) is 0.486. The molecule has 0 saturated carbocycles. The number of aryl methyl sites for hydroxylation is 1. The van der Waals surface area contributed by atoms with E-state index in [0.717, 1.165) is 64.8 Å². The first-order chi connectivity index (χ1) is 16.1. The lowest BCUT2D eigenvalue weighted by Gasteiger charge is -2.27. The number of aromatic nitrogens is 5. The second-order valence-electron chi connectivity index (χ2n) is 8.93. The van der Waals surface area contributed by atoms with Crippen molar-refractivity contribution in [3.8, 4) is 22.4 Å². The molecule has 6 rings (SSSR count). The van der Waals surface area contributed by atoms with Gasteiger partial charge in [0.2, 0.25) is 5.91 Å². The van der Waals surface area contributed by atoms with Gasteiger partial charge in [-0.25, -0.2) is 0 Å². The summed E-state index contributed by atoms with van der Waals surface area (Å²) in [5, 5.41) is 10.5. The molecule has 8 nitrogen and oxygen atoms in total. The maximum Gasteiger partial charge on any atom is 0.219 e. The van der Waals surface area contributed by atoms with Crippen LogP contribution in [0.2, 0.25) is 0 Å². The van der Waals surface area contributed by atoms with Crippen molar-refractivity contribution in [1.82, 2.24) is 29.4 Å². The molecule has 2 aliphatic rings. The maximum absolute atomic E-state index is 12.2. The number of carbonyl (C=O) groups excluding carboxylic acids is 1. The molecule has 0 bridgehead atoms. The van der Waals surface area contributed by atoms with E-state index in [2.05, 4.69) is 21.9 Å². The Labute approximate surface area is 191 Å². The first-order valence-electron chi connectivity index (χ1n) is 11.4. The van der Waals surface area contributed by atoms with Crippen molar-refractivity contribution in [3.05, 3.63) is 54.1 Å². The van der Waals surface area contributed by atoms with Crippen LogP contribution in [-0.4, -0.2) is 55.1 Å². The Balaban J connectivity index is 1.54. The molecule has 33 heavy (non-hydrogen) atoms. The lowest BCUT2D eigenvalue weighted by Crippen LogP contribution is -2.35. The summed E-state index contributed by atoms with van der Waals surface area (Å²) in [6.07, 6.45) is 7.51. The van der Waals surface area contributed by atoms with Gasteiger partial charge in [0.25, 0.3) is 0 Å². The highest BCUT2D eigenvalue weighted by Crippen LogP contribution is 2.37. The Kier molecular flexibility index (Phi) is 4.76. The van der Waals surface area contributed by atoms with Crippen LogP contribution >= 0.6 is 0 Å². The van der Waals surface area contributed by atoms with Crippen LogP contribution in [0, 0.1) is 0 Å². The van der Waals surface area contributed by atoms with Crippen LogP contribution in [-0.2, 0) is 29.5 Å². The van der Waals surface area contributed by atoms with Gasteiger partial charge < -0.3 is 9.64 Å². The molecule has 2 aliphatic heterocycles. The molecule has 0 radical (unpaired) electrons. The molecule has 3 aromatic heterocycles. The highest BCUT2D eigenvalue weighted by atomic mass is 16.5. The van der Waals surface area contributed by atoms with Gasteiger partial charge >= 0.3 is 0 Å². The van der Waals surface area contributed by atoms with Crippen molar-refractivity contribution in [2.45, 2.75) is 32.4 Å². The molecule has 4 aromatic rings. The van der Waals surface area contributed by atoms with E-state index >= 15 is 0 Å². The monoisotopic (exact) mass is 442 g/mol. The molecular weight excluding hydrogens is 416 g/mol. The summed E-state index contributed by atoms with van der Waals surface area (Å²) in [6.45, 7) is 4.40. The molecule has 1 saturated heterocycles. The van der Waals surface area contributed by atoms with E-state index in [0.29, 0.717) is 13.2 Å². The largest absolute Gasteiger partial charge is 0.379 e. The van der Waals surface area contributed by atoms with Gasteiger partial charge in [-0.05, 0) is 18.6 Å². The average molecular weight is 443 g/mol. The highest BCUT2D eigenvalue weighted by molar-refractivity contribution is 5.96. The van der Waals surface area contributed by atoms with E-state index in [1.54, 1.807) is 11.6 Å². The van der Waals surface area contributed by atoms with Crippen molar-refractivity contribution >= 4 is 16.8 Å². The van der Waals surface area contributed by atoms with Crippen molar-refractivity contribution in [2.75, 3.05) is 19.8 Å². The number of carbonyl (C=O) groups is 1. The Hall–Kier alpha value is -3.52. The number of rotatable bonds is 3. The second-order valence-corrected chi connectivity index (χ2v) is 8.93. The van der Waals surface area contributed by atoms with E-state index in [-0.39, 0.29) is 11.9 Å². The minimum absolute atomic E-state index is 0.0991. The summed E-state index contributed by atoms with van der Waals surface area (Å²) in [5.74, 6) is 0.0991. The first-order valence-corrected chi connectivity index (χ1v) is 11.4. The number of pyridine rings is 1. The van der Waals surface area contributed by atoms with Gasteiger partial charge in [-0.1, -0.05) is 12.1 Å². The maximum atomic E-state index is 12.2. The van der Waals surface area contributed by atoms with E-state index in [1.807, 2.05) is 42.7 Å². The zero-order chi connectivity index (χ0) is 22.5. The topological polar surface area (TPSA) is 78.1 Å². The molecule has 0 N–H and O–H groups in total. The van der Waals surface area contributed by atoms with Crippen LogP contribution < -0.4 is 0 Å². The molecular formula is C25H26N6O2. The third-order valence-electron chi connectivity index (χ3n) is 6.80. The number of hydrogen-bond acceptors (Lipinski definition) is 5. The number of hydrogen-bond donors (Lipinski definition) is 0. The average Bonchev–Trinajstić information content (AvgIpc) is 3.57. The summed E-state index contributed by atoms with van der Waals surface area (Å²) in [6, 6.07) is 8.59. The zero-order valence-electron chi connectivity index (χ0n) is 18.9. The number of nitrogens with zero attached hydrogens (tertiary/aromatic N) is 6. The van der Waals surface area contributed by atoms with Crippen LogP contribution in [0.5, 0.6) is 0 Å². The molecule has 8 heteroatoms. The lowest BCUT2D eigenvalue weighted by molar-refractivity contribution is -0.129. The third kappa shape index (κ3) is 3.41. The Morgan fingerprint density at radius 3 is 2.88 bits per heavy atom. The summed E-state index contributed by atoms with van der Waals surface area (Å²) >= 11 is 0. The van der Waals surface area contributed by atoms with Gasteiger partial charge in [0.1, 0.15) is 0 Å². The number of benzene rings is 1. The summed E-state index contributed by atoms with van der Waals surface area (Å²) in [5.41, 5.74) is 7.33. The van der Waals surface area contributed by atoms with Crippen molar-refractivity contribution in [3.63, 3.8) is 0 Å². The minimum atomic E-state index is 0.0991. The first kappa shape index (κ1) is 20.1. The normalized spacial score (nSPS) is 18.1. The van der Waals surface area contributed by atoms with Gasteiger partial charge in [-0.2, -0.15) is 10.2 Å². The van der Waals surface area contributed by atoms with E-state index in [9.17, 15) is 4.79 Å². The Morgan fingerprint density at radius 1 is 1.21 bits per heavy atom. The second kappa shape index (κ2) is 7.81. The van der Waals surface area contributed by atoms with Gasteiger partial charge in [0.05, 0.1) is 30.1 Å². The van der Waals surface area contributed by atoms with Gasteiger partial charge in [-0.15, -0.1) is 0 Å². The van der Waals surface area contributed by atoms with Gasteiger partial charge in [-0.3, -0.25) is 19.1 Å². The molecule has 0 unspecified atom stereocenters. The molecule has 0 aliphatic carbocycles. The van der Waals surface area contributed by atoms with Crippen molar-refractivity contribution < 1.29 is 9.53 Å². The molecule has 168 valence electrons. The lowest BCUT2D eigenvalue weighted by atomic mass is 9.97. The predicted octanol–water partition coefficient (Wildman–Crippen LogP) is 3.36. The smallest absolute Gasteiger partial charge is 0.219 e. The highest BCUT2D eigenvalue weighted by Gasteiger charge is 2.31. The standard InChI is InChI=1S/C25H26N6O2/c1-16(32)30-8-6-24-22(14-30)25(28-31(24)19-7-9-33-15-19)20-4-3-5-23-21(20)10-17(11-26-23)18-12-27-29(2)13-18/h3-5,10-13,19H,6-9,14-15H2,1-2H3/t19-/m0/s1. The zero-order valence-corrected chi connectivity index (χ0v) is 18.9. The Morgan fingerprint density at radius 2 is 2.12 bits per heavy atom. The van der Waals surface area contributed by atoms with Crippen LogP contribution in [0.1, 0.15) is 30.6 Å². The fraction of sp³-hybridized carbons (Fsp3) is 0.360. The van der Waals surface area contributed by atoms with E-state index in [1.165, 1.54) is 5.69 Å². The van der Waals surface area contributed by atoms with Crippen LogP contribution in [0.4, 0.5) is 0 Å². The molecule has 1 fully saturated rings. The van der Waals surface area contributed by atoms with Crippen molar-refractivity contribution in [2.24, 2.45) is 7.05 Å². The molecule has 1 atom stereocenters. The van der Waals surface area contributed by atoms with Crippen LogP contribution in [0.25, 0.3) is 33.3 Å². The molecule has 0 spiro atoms. The number of amides is 1. The summed E-state index contributed by atoms with van der Waals surface area (Å²) in [7, 11) is 1.91. The fourth-order valence-corrected chi connectivity index (χ4v) is 5.03. The molecule has 5 heterocycles. The number of ether oxygens (including phenoxy) is 1. The fourth-order valence-electron chi connectivity index (χ4n) is 5.03. The summed E-state index contributed by atoms with van der Waals surface area (Å²) < 4.78 is 9.64. The SMILES string of the molecule is CC(=O)N1CCc2c(c(-c3cccc4ncc(-c5cnn(C)c5)cc34)nn2[C@H]2CCOC2)C1. The Bertz CT molecular complexity index is 1360. The molecule has 1 amide bonds. The minimum Gasteiger partial charge on any atom is -0.379 e. The predicted molar refractivity (Wildman–Crippen MR) is 124 cm³/mol. The van der Waals surface area contributed by atoms with Crippen molar-refractivity contribution in [1.29, 1.82) is 0 Å². The molecule has 1 aromatic carbocycles. The van der Waals surface area contributed by atoms with Crippen LogP contribution in [0.3, 0.4) is 0 Å². The summed E-state index contributed by atoms with van der Waals surface area (Å²) in [4.78, 5) is 18.8. The van der Waals surface area contributed by atoms with Gasteiger partial charge in [0, 0.05) is 85.8 Å². The third-order valence-corrected chi connectivity index (χ3v) is 6.80. The van der Waals surface area contributed by atoms with Crippen LogP contribution in [0.15, 0.2) is 42.9 Å².